The molecule has 0 saturated carbocycles. The number of carbonyl (C=O) groups excluding carboxylic acids is 1. The molecule has 1 aliphatic heterocycles. The van der Waals surface area contributed by atoms with E-state index in [1.54, 1.807) is 6.07 Å². The topological polar surface area (TPSA) is 87.1 Å². The number of thiophene rings is 1. The molecule has 4 heterocycles. The van der Waals surface area contributed by atoms with Crippen LogP contribution in [0.5, 0.6) is 0 Å². The number of nitrogens with zero attached hydrogens (tertiary/aromatic N) is 2. The van der Waals surface area contributed by atoms with Crippen molar-refractivity contribution in [3.05, 3.63) is 52.1 Å². The van der Waals surface area contributed by atoms with Gasteiger partial charge in [0.1, 0.15) is 10.0 Å². The number of aliphatic hydroxyl groups is 1. The van der Waals surface area contributed by atoms with Gasteiger partial charge in [0, 0.05) is 49.5 Å². The summed E-state index contributed by atoms with van der Waals surface area (Å²) in [7, 11) is 0. The molecule has 1 aliphatic rings. The van der Waals surface area contributed by atoms with E-state index in [0.717, 1.165) is 21.2 Å². The molecular weight excluding hydrogens is 420 g/mol. The minimum absolute atomic E-state index is 0.00589. The second kappa shape index (κ2) is 7.19. The van der Waals surface area contributed by atoms with Crippen LogP contribution >= 0.6 is 22.9 Å². The van der Waals surface area contributed by atoms with Crippen LogP contribution in [-0.2, 0) is 0 Å². The van der Waals surface area contributed by atoms with Gasteiger partial charge >= 0.3 is 0 Å². The average Bonchev–Trinajstić information content (AvgIpc) is 3.09. The van der Waals surface area contributed by atoms with Crippen molar-refractivity contribution >= 4 is 55.5 Å². The zero-order valence-corrected chi connectivity index (χ0v) is 17.4. The van der Waals surface area contributed by atoms with Gasteiger partial charge in [-0.2, -0.15) is 0 Å². The molecule has 0 aliphatic carbocycles. The van der Waals surface area contributed by atoms with Crippen LogP contribution < -0.4 is 10.6 Å². The number of nitrogens with one attached hydrogen (secondary N) is 2. The van der Waals surface area contributed by atoms with Crippen LogP contribution in [0.1, 0.15) is 39.2 Å². The van der Waals surface area contributed by atoms with Crippen molar-refractivity contribution in [2.45, 2.75) is 25.9 Å². The Balaban J connectivity index is 1.69. The first kappa shape index (κ1) is 16.0. The van der Waals surface area contributed by atoms with Gasteiger partial charge in [-0.25, -0.2) is 9.97 Å². The average molecular weight is 442 g/mol. The van der Waals surface area contributed by atoms with Gasteiger partial charge in [0.05, 0.1) is 23.0 Å². The van der Waals surface area contributed by atoms with Crippen molar-refractivity contribution in [3.8, 4) is 11.3 Å². The first-order chi connectivity index (χ1) is 15.6. The molecule has 8 heteroatoms. The second-order valence-corrected chi connectivity index (χ2v) is 8.70. The summed E-state index contributed by atoms with van der Waals surface area (Å²) >= 11 is 7.51. The van der Waals surface area contributed by atoms with Crippen LogP contribution in [0.2, 0.25) is 5.15 Å². The predicted molar refractivity (Wildman–Crippen MR) is 121 cm³/mol. The number of anilines is 1. The zero-order chi connectivity index (χ0) is 23.5. The van der Waals surface area contributed by atoms with E-state index in [9.17, 15) is 9.90 Å². The van der Waals surface area contributed by atoms with Crippen LogP contribution in [0.15, 0.2) is 36.5 Å². The highest BCUT2D eigenvalue weighted by Crippen LogP contribution is 2.41. The fraction of sp³-hybridized carbons (Fsp3) is 0.227. The molecule has 0 radical (unpaired) electrons. The quantitative estimate of drug-likeness (QED) is 0.390. The maximum atomic E-state index is 12.6. The van der Waals surface area contributed by atoms with E-state index in [2.05, 4.69) is 15.6 Å². The second-order valence-electron chi connectivity index (χ2n) is 7.26. The first-order valence-corrected chi connectivity index (χ1v) is 10.6. The molecule has 1 unspecified atom stereocenters. The van der Waals surface area contributed by atoms with E-state index in [4.69, 9.17) is 20.7 Å². The number of benzene rings is 1. The molecule has 152 valence electrons. The van der Waals surface area contributed by atoms with Gasteiger partial charge in [-0.3, -0.25) is 4.79 Å². The summed E-state index contributed by atoms with van der Waals surface area (Å²) in [6.07, 6.45) is -0.457. The van der Waals surface area contributed by atoms with E-state index in [0.29, 0.717) is 28.2 Å². The number of hydrogen-bond donors (Lipinski definition) is 3. The minimum Gasteiger partial charge on any atom is -0.389 e. The number of amides is 1. The van der Waals surface area contributed by atoms with Crippen molar-refractivity contribution in [2.24, 2.45) is 0 Å². The first-order valence-electron chi connectivity index (χ1n) is 10.9. The largest absolute Gasteiger partial charge is 0.389 e. The Hall–Kier alpha value is -2.74. The van der Waals surface area contributed by atoms with Crippen LogP contribution in [-0.4, -0.2) is 33.6 Å². The fourth-order valence-corrected chi connectivity index (χ4v) is 5.01. The molecule has 3 N–H and O–H groups in total. The molecule has 0 spiro atoms. The molecular formula is C22H19ClN4O2S. The molecule has 3 aromatic heterocycles. The maximum Gasteiger partial charge on any atom is 0.263 e. The lowest BCUT2D eigenvalue weighted by Gasteiger charge is -2.13. The van der Waals surface area contributed by atoms with Gasteiger partial charge in [-0.1, -0.05) is 11.6 Å². The van der Waals surface area contributed by atoms with Crippen molar-refractivity contribution < 1.29 is 14.0 Å². The number of halogens is 1. The van der Waals surface area contributed by atoms with E-state index >= 15 is 0 Å². The lowest BCUT2D eigenvalue weighted by molar-refractivity contribution is 0.0949. The molecule has 1 amide bonds. The van der Waals surface area contributed by atoms with Gasteiger partial charge in [0.25, 0.3) is 5.91 Å². The van der Waals surface area contributed by atoms with Gasteiger partial charge in [-0.15, -0.1) is 11.3 Å². The molecule has 6 nitrogen and oxygen atoms in total. The van der Waals surface area contributed by atoms with Crippen molar-refractivity contribution in [3.63, 3.8) is 0 Å². The van der Waals surface area contributed by atoms with Crippen LogP contribution in [0.25, 0.3) is 32.2 Å². The highest BCUT2D eigenvalue weighted by atomic mass is 35.5. The number of rotatable bonds is 2. The third kappa shape index (κ3) is 3.10. The third-order valence-electron chi connectivity index (χ3n) is 5.16. The SMILES string of the molecule is [2H]C([2H])([2H])C(O)c1cnc(Cl)cc1-c1ccc2c(ccc3sc4c(c32)NC[C@@H](C)NC4=O)n1. The summed E-state index contributed by atoms with van der Waals surface area (Å²) in [5.74, 6) is -0.101. The van der Waals surface area contributed by atoms with Crippen LogP contribution in [0.4, 0.5) is 5.69 Å². The number of aromatic nitrogens is 2. The molecule has 2 atom stereocenters. The monoisotopic (exact) mass is 441 g/mol. The third-order valence-corrected chi connectivity index (χ3v) is 6.52. The summed E-state index contributed by atoms with van der Waals surface area (Å²) in [5, 5.41) is 18.7. The van der Waals surface area contributed by atoms with Gasteiger partial charge < -0.3 is 15.7 Å². The van der Waals surface area contributed by atoms with Crippen molar-refractivity contribution in [1.82, 2.24) is 15.3 Å². The van der Waals surface area contributed by atoms with E-state index in [1.807, 2.05) is 25.1 Å². The smallest absolute Gasteiger partial charge is 0.263 e. The van der Waals surface area contributed by atoms with Crippen LogP contribution in [0, 0.1) is 0 Å². The summed E-state index contributed by atoms with van der Waals surface area (Å²) in [6, 6.07) is 8.94. The number of aliphatic hydroxyl groups excluding tert-OH is 1. The molecule has 30 heavy (non-hydrogen) atoms. The van der Waals surface area contributed by atoms with Gasteiger partial charge in [0.15, 0.2) is 0 Å². The van der Waals surface area contributed by atoms with Gasteiger partial charge in [-0.05, 0) is 44.1 Å². The lowest BCUT2D eigenvalue weighted by Crippen LogP contribution is -2.34. The summed E-state index contributed by atoms with van der Waals surface area (Å²) in [6.45, 7) is -0.0655. The summed E-state index contributed by atoms with van der Waals surface area (Å²) < 4.78 is 23.7. The summed E-state index contributed by atoms with van der Waals surface area (Å²) in [5.41, 5.74) is 2.45. The highest BCUT2D eigenvalue weighted by molar-refractivity contribution is 7.21. The van der Waals surface area contributed by atoms with Crippen LogP contribution in [0.3, 0.4) is 0 Å². The Morgan fingerprint density at radius 3 is 3.07 bits per heavy atom. The molecule has 1 aromatic carbocycles. The molecule has 0 fully saturated rings. The molecule has 5 rings (SSSR count). The summed E-state index contributed by atoms with van der Waals surface area (Å²) in [4.78, 5) is 22.0. The molecule has 4 aromatic rings. The van der Waals surface area contributed by atoms with Gasteiger partial charge in [0.2, 0.25) is 0 Å². The Morgan fingerprint density at radius 2 is 2.23 bits per heavy atom. The highest BCUT2D eigenvalue weighted by Gasteiger charge is 2.25. The Labute approximate surface area is 186 Å². The van der Waals surface area contributed by atoms with E-state index < -0.39 is 13.0 Å². The lowest BCUT2D eigenvalue weighted by atomic mass is 10.0. The zero-order valence-electron chi connectivity index (χ0n) is 18.9. The fourth-order valence-electron chi connectivity index (χ4n) is 3.76. The molecule has 0 bridgehead atoms. The number of hydrogen-bond acceptors (Lipinski definition) is 6. The Kier molecular flexibility index (Phi) is 3.84. The number of carbonyl (C=O) groups is 1. The normalized spacial score (nSPS) is 19.2. The standard InChI is InChI=1S/C22H19ClN4O2S/c1-10-8-25-20-19-12-3-4-16(13-7-18(23)24-9-14(13)11(2)28)27-15(12)5-6-17(19)30-21(20)22(29)26-10/h3-7,9-11,25,28H,8H2,1-2H3,(H,26,29)/t10-,11?/m1/s1/i2D3. The Bertz CT molecular complexity index is 1420. The van der Waals surface area contributed by atoms with E-state index in [-0.39, 0.29) is 22.7 Å². The molecule has 0 saturated heterocycles. The number of fused-ring (bicyclic) bond motifs is 5. The Morgan fingerprint density at radius 1 is 1.37 bits per heavy atom. The predicted octanol–water partition coefficient (Wildman–Crippen LogP) is 4.76. The number of pyridine rings is 2. The minimum atomic E-state index is -2.62. The van der Waals surface area contributed by atoms with Crippen molar-refractivity contribution in [2.75, 3.05) is 11.9 Å². The van der Waals surface area contributed by atoms with Crippen molar-refractivity contribution in [1.29, 1.82) is 0 Å². The van der Waals surface area contributed by atoms with E-state index in [1.165, 1.54) is 23.6 Å². The maximum absolute atomic E-state index is 12.6.